The number of halogens is 5. The summed E-state index contributed by atoms with van der Waals surface area (Å²) < 4.78 is 61.9. The van der Waals surface area contributed by atoms with Gasteiger partial charge in [0.2, 0.25) is 0 Å². The number of oxazole rings is 1. The van der Waals surface area contributed by atoms with Crippen LogP contribution in [0.2, 0.25) is 5.02 Å². The molecule has 0 spiro atoms. The first-order valence-electron chi connectivity index (χ1n) is 9.14. The molecule has 0 unspecified atom stereocenters. The zero-order valence-corrected chi connectivity index (χ0v) is 17.0. The van der Waals surface area contributed by atoms with E-state index in [-0.39, 0.29) is 24.4 Å². The van der Waals surface area contributed by atoms with Crippen LogP contribution in [0.1, 0.15) is 17.9 Å². The van der Waals surface area contributed by atoms with Gasteiger partial charge in [0.25, 0.3) is 5.91 Å². The van der Waals surface area contributed by atoms with Crippen molar-refractivity contribution < 1.29 is 36.3 Å². The fourth-order valence-electron chi connectivity index (χ4n) is 2.62. The molecule has 1 aromatic heterocycles. The molecule has 0 atom stereocenters. The van der Waals surface area contributed by atoms with Crippen molar-refractivity contribution in [1.82, 2.24) is 4.98 Å². The molecule has 0 saturated carbocycles. The highest BCUT2D eigenvalue weighted by molar-refractivity contribution is 6.31. The van der Waals surface area contributed by atoms with Crippen LogP contribution in [0, 0.1) is 5.82 Å². The van der Waals surface area contributed by atoms with Crippen molar-refractivity contribution in [2.24, 2.45) is 0 Å². The van der Waals surface area contributed by atoms with Crippen molar-refractivity contribution in [3.8, 4) is 11.3 Å². The minimum Gasteiger partial charge on any atom is -0.456 e. The maximum absolute atomic E-state index is 13.0. The second-order valence-corrected chi connectivity index (χ2v) is 6.93. The Morgan fingerprint density at radius 3 is 2.53 bits per heavy atom. The van der Waals surface area contributed by atoms with Gasteiger partial charge < -0.3 is 14.5 Å². The largest absolute Gasteiger partial charge is 0.456 e. The predicted molar refractivity (Wildman–Crippen MR) is 106 cm³/mol. The maximum atomic E-state index is 13.0. The van der Waals surface area contributed by atoms with E-state index in [1.165, 1.54) is 36.5 Å². The molecule has 3 rings (SSSR count). The lowest BCUT2D eigenvalue weighted by molar-refractivity contribution is -0.147. The molecular formula is C21H15ClF4N2O4. The topological polar surface area (TPSA) is 81.4 Å². The molecule has 32 heavy (non-hydrogen) atoms. The van der Waals surface area contributed by atoms with Crippen molar-refractivity contribution in [2.75, 3.05) is 11.9 Å². The summed E-state index contributed by atoms with van der Waals surface area (Å²) >= 11 is 5.52. The molecule has 0 aliphatic rings. The molecule has 2 aromatic carbocycles. The normalized spacial score (nSPS) is 11.3. The third kappa shape index (κ3) is 6.30. The van der Waals surface area contributed by atoms with E-state index in [1.54, 1.807) is 0 Å². The smallest absolute Gasteiger partial charge is 0.417 e. The standard InChI is InChI=1S/C21H15ClF4N2O4/c22-16-6-5-14(9-15(16)21(24,25)26)28-18(29)11-31-20(30)8-7-19-27-10-17(32-19)12-1-3-13(23)4-2-12/h1-6,9-10H,7-8,11H2,(H,28,29). The molecule has 0 bridgehead atoms. The number of carbonyl (C=O) groups excluding carboxylic acids is 2. The fourth-order valence-corrected chi connectivity index (χ4v) is 2.84. The number of carbonyl (C=O) groups is 2. The summed E-state index contributed by atoms with van der Waals surface area (Å²) in [5, 5.41) is 1.70. The van der Waals surface area contributed by atoms with E-state index < -0.39 is 41.1 Å². The molecule has 0 aliphatic carbocycles. The zero-order valence-electron chi connectivity index (χ0n) is 16.2. The minimum absolute atomic E-state index is 0.0910. The van der Waals surface area contributed by atoms with E-state index in [4.69, 9.17) is 20.8 Å². The number of esters is 1. The average Bonchev–Trinajstić information content (AvgIpc) is 3.21. The van der Waals surface area contributed by atoms with Gasteiger partial charge in [-0.3, -0.25) is 9.59 Å². The lowest BCUT2D eigenvalue weighted by Gasteiger charge is -2.12. The number of benzene rings is 2. The second-order valence-electron chi connectivity index (χ2n) is 6.53. The summed E-state index contributed by atoms with van der Waals surface area (Å²) in [6, 6.07) is 8.46. The van der Waals surface area contributed by atoms with Gasteiger partial charge in [-0.2, -0.15) is 13.2 Å². The van der Waals surface area contributed by atoms with Gasteiger partial charge in [0.05, 0.1) is 23.2 Å². The Bertz CT molecular complexity index is 1110. The number of nitrogens with zero attached hydrogens (tertiary/aromatic N) is 1. The monoisotopic (exact) mass is 470 g/mol. The van der Waals surface area contributed by atoms with Gasteiger partial charge in [-0.15, -0.1) is 0 Å². The third-order valence-electron chi connectivity index (χ3n) is 4.15. The van der Waals surface area contributed by atoms with E-state index in [0.29, 0.717) is 17.4 Å². The van der Waals surface area contributed by atoms with Gasteiger partial charge in [-0.25, -0.2) is 9.37 Å². The zero-order chi connectivity index (χ0) is 23.3. The van der Waals surface area contributed by atoms with Crippen LogP contribution >= 0.6 is 11.6 Å². The lowest BCUT2D eigenvalue weighted by atomic mass is 10.2. The Labute approximate surface area is 184 Å². The Hall–Kier alpha value is -3.40. The van der Waals surface area contributed by atoms with Crippen molar-refractivity contribution in [3.05, 3.63) is 71.0 Å². The molecule has 3 aromatic rings. The molecular weight excluding hydrogens is 456 g/mol. The number of anilines is 1. The number of amides is 1. The molecule has 1 N–H and O–H groups in total. The molecule has 11 heteroatoms. The van der Waals surface area contributed by atoms with E-state index >= 15 is 0 Å². The summed E-state index contributed by atoms with van der Waals surface area (Å²) in [5.41, 5.74) is -0.629. The first-order chi connectivity index (χ1) is 15.1. The summed E-state index contributed by atoms with van der Waals surface area (Å²) in [6.45, 7) is -0.685. The fraction of sp³-hybridized carbons (Fsp3) is 0.190. The number of alkyl halides is 3. The number of aromatic nitrogens is 1. The molecule has 0 aliphatic heterocycles. The number of nitrogens with one attached hydrogen (secondary N) is 1. The molecule has 6 nitrogen and oxygen atoms in total. The van der Waals surface area contributed by atoms with Gasteiger partial charge >= 0.3 is 12.1 Å². The first kappa shape index (κ1) is 23.3. The Morgan fingerprint density at radius 2 is 1.84 bits per heavy atom. The van der Waals surface area contributed by atoms with E-state index in [1.807, 2.05) is 0 Å². The van der Waals surface area contributed by atoms with Crippen LogP contribution in [0.4, 0.5) is 23.2 Å². The third-order valence-corrected chi connectivity index (χ3v) is 4.47. The minimum atomic E-state index is -4.68. The highest BCUT2D eigenvalue weighted by Gasteiger charge is 2.33. The van der Waals surface area contributed by atoms with Crippen LogP contribution in [0.3, 0.4) is 0 Å². The predicted octanol–water partition coefficient (Wildman–Crippen LogP) is 5.27. The first-order valence-corrected chi connectivity index (χ1v) is 9.52. The number of hydrogen-bond acceptors (Lipinski definition) is 5. The van der Waals surface area contributed by atoms with Crippen molar-refractivity contribution >= 4 is 29.2 Å². The molecule has 168 valence electrons. The maximum Gasteiger partial charge on any atom is 0.417 e. The van der Waals surface area contributed by atoms with Crippen molar-refractivity contribution in [3.63, 3.8) is 0 Å². The van der Waals surface area contributed by atoms with Crippen molar-refractivity contribution in [1.29, 1.82) is 0 Å². The summed E-state index contributed by atoms with van der Waals surface area (Å²) in [7, 11) is 0. The average molecular weight is 471 g/mol. The van der Waals surface area contributed by atoms with E-state index in [0.717, 1.165) is 6.07 Å². The highest BCUT2D eigenvalue weighted by atomic mass is 35.5. The van der Waals surface area contributed by atoms with Crippen LogP contribution in [-0.4, -0.2) is 23.5 Å². The number of hydrogen-bond donors (Lipinski definition) is 1. The van der Waals surface area contributed by atoms with Gasteiger partial charge in [-0.1, -0.05) is 11.6 Å². The van der Waals surface area contributed by atoms with Crippen LogP contribution in [-0.2, 0) is 26.9 Å². The Morgan fingerprint density at radius 1 is 1.12 bits per heavy atom. The highest BCUT2D eigenvalue weighted by Crippen LogP contribution is 2.36. The number of aryl methyl sites for hydroxylation is 1. The molecule has 1 amide bonds. The molecule has 1 heterocycles. The summed E-state index contributed by atoms with van der Waals surface area (Å²) in [4.78, 5) is 27.7. The number of rotatable bonds is 7. The Kier molecular flexibility index (Phi) is 7.14. The number of ether oxygens (including phenoxy) is 1. The van der Waals surface area contributed by atoms with Crippen LogP contribution in [0.15, 0.2) is 53.1 Å². The van der Waals surface area contributed by atoms with Gasteiger partial charge in [0.1, 0.15) is 5.82 Å². The van der Waals surface area contributed by atoms with Crippen LogP contribution < -0.4 is 5.32 Å². The lowest BCUT2D eigenvalue weighted by Crippen LogP contribution is -2.21. The van der Waals surface area contributed by atoms with E-state index in [9.17, 15) is 27.2 Å². The quantitative estimate of drug-likeness (QED) is 0.376. The van der Waals surface area contributed by atoms with Gasteiger partial charge in [-0.05, 0) is 42.5 Å². The summed E-state index contributed by atoms with van der Waals surface area (Å²) in [5.74, 6) is -1.30. The summed E-state index contributed by atoms with van der Waals surface area (Å²) in [6.07, 6.45) is -3.30. The van der Waals surface area contributed by atoms with Gasteiger partial charge in [0.15, 0.2) is 18.3 Å². The second kappa shape index (κ2) is 9.82. The van der Waals surface area contributed by atoms with Gasteiger partial charge in [0, 0.05) is 17.7 Å². The SMILES string of the molecule is O=C(COC(=O)CCc1ncc(-c2ccc(F)cc2)o1)Nc1ccc(Cl)c(C(F)(F)F)c1. The molecule has 0 fully saturated rings. The van der Waals surface area contributed by atoms with Crippen LogP contribution in [0.5, 0.6) is 0 Å². The van der Waals surface area contributed by atoms with Crippen molar-refractivity contribution in [2.45, 2.75) is 19.0 Å². The Balaban J connectivity index is 1.46. The van der Waals surface area contributed by atoms with Crippen LogP contribution in [0.25, 0.3) is 11.3 Å². The van der Waals surface area contributed by atoms with E-state index in [2.05, 4.69) is 10.3 Å². The molecule has 0 radical (unpaired) electrons. The molecule has 0 saturated heterocycles.